The summed E-state index contributed by atoms with van der Waals surface area (Å²) >= 11 is 0. The van der Waals surface area contributed by atoms with Crippen molar-refractivity contribution in [1.29, 1.82) is 0 Å². The minimum absolute atomic E-state index is 0.0284. The first kappa shape index (κ1) is 18.7. The third-order valence-corrected chi connectivity index (χ3v) is 5.59. The molecule has 0 aliphatic carbocycles. The molecule has 1 heterocycles. The lowest BCUT2D eigenvalue weighted by atomic mass is 9.98. The molecule has 1 aromatic rings. The summed E-state index contributed by atoms with van der Waals surface area (Å²) in [6.45, 7) is 7.78. The lowest BCUT2D eigenvalue weighted by Gasteiger charge is -2.33. The number of hydrogen-bond acceptors (Lipinski definition) is 4. The van der Waals surface area contributed by atoms with Crippen molar-refractivity contribution in [1.82, 2.24) is 9.21 Å². The molecule has 1 aliphatic rings. The minimum atomic E-state index is -3.18. The molecule has 24 heavy (non-hydrogen) atoms. The van der Waals surface area contributed by atoms with Gasteiger partial charge in [0, 0.05) is 26.2 Å². The average Bonchev–Trinajstić information content (AvgIpc) is 2.51. The maximum Gasteiger partial charge on any atom is 0.260 e. The van der Waals surface area contributed by atoms with Gasteiger partial charge in [-0.05, 0) is 36.1 Å². The summed E-state index contributed by atoms with van der Waals surface area (Å²) in [6.07, 6.45) is 1.19. The summed E-state index contributed by atoms with van der Waals surface area (Å²) < 4.78 is 30.0. The molecule has 1 amide bonds. The molecule has 0 saturated carbocycles. The Labute approximate surface area is 144 Å². The maximum atomic E-state index is 12.2. The summed E-state index contributed by atoms with van der Waals surface area (Å²) in [5, 5.41) is 0. The number of sulfonamides is 1. The highest BCUT2D eigenvalue weighted by Crippen LogP contribution is 2.23. The number of amides is 1. The molecule has 0 atom stereocenters. The Balaban J connectivity index is 1.87. The van der Waals surface area contributed by atoms with E-state index in [1.807, 2.05) is 25.1 Å². The van der Waals surface area contributed by atoms with Crippen LogP contribution >= 0.6 is 0 Å². The molecule has 2 rings (SSSR count). The molecule has 0 radical (unpaired) electrons. The Morgan fingerprint density at radius 1 is 1.21 bits per heavy atom. The Morgan fingerprint density at radius 2 is 1.83 bits per heavy atom. The highest BCUT2D eigenvalue weighted by molar-refractivity contribution is 7.88. The molecule has 1 fully saturated rings. The SMILES string of the molecule is Cc1cc(OCC(=O)N2CCN(S(C)(=O)=O)CC2)ccc1C(C)C. The number of ether oxygens (including phenoxy) is 1. The van der Waals surface area contributed by atoms with E-state index in [1.165, 1.54) is 16.1 Å². The number of hydrogen-bond donors (Lipinski definition) is 0. The van der Waals surface area contributed by atoms with E-state index in [-0.39, 0.29) is 12.5 Å². The lowest BCUT2D eigenvalue weighted by Crippen LogP contribution is -2.51. The van der Waals surface area contributed by atoms with E-state index in [0.717, 1.165) is 5.56 Å². The fraction of sp³-hybridized carbons (Fsp3) is 0.588. The van der Waals surface area contributed by atoms with Gasteiger partial charge in [-0.15, -0.1) is 0 Å². The van der Waals surface area contributed by atoms with Crippen LogP contribution in [-0.4, -0.2) is 62.6 Å². The summed E-state index contributed by atoms with van der Waals surface area (Å²) in [4.78, 5) is 13.9. The van der Waals surface area contributed by atoms with Crippen LogP contribution in [0.15, 0.2) is 18.2 Å². The van der Waals surface area contributed by atoms with Crippen LogP contribution in [-0.2, 0) is 14.8 Å². The van der Waals surface area contributed by atoms with E-state index >= 15 is 0 Å². The van der Waals surface area contributed by atoms with Crippen LogP contribution in [0, 0.1) is 6.92 Å². The van der Waals surface area contributed by atoms with Gasteiger partial charge in [-0.3, -0.25) is 4.79 Å². The molecule has 0 spiro atoms. The number of piperazine rings is 1. The molecule has 1 saturated heterocycles. The largest absolute Gasteiger partial charge is 0.484 e. The van der Waals surface area contributed by atoms with Crippen LogP contribution in [0.5, 0.6) is 5.75 Å². The molecule has 0 unspecified atom stereocenters. The Hall–Kier alpha value is -1.60. The molecule has 0 aromatic heterocycles. The highest BCUT2D eigenvalue weighted by Gasteiger charge is 2.26. The molecule has 134 valence electrons. The number of benzene rings is 1. The predicted octanol–water partition coefficient (Wildman–Crippen LogP) is 1.60. The first-order valence-corrected chi connectivity index (χ1v) is 9.99. The van der Waals surface area contributed by atoms with Crippen molar-refractivity contribution >= 4 is 15.9 Å². The van der Waals surface area contributed by atoms with Gasteiger partial charge in [0.15, 0.2) is 6.61 Å². The van der Waals surface area contributed by atoms with Crippen LogP contribution < -0.4 is 4.74 Å². The van der Waals surface area contributed by atoms with Gasteiger partial charge in [0.1, 0.15) is 5.75 Å². The van der Waals surface area contributed by atoms with Gasteiger partial charge in [-0.25, -0.2) is 8.42 Å². The second-order valence-electron chi connectivity index (χ2n) is 6.50. The van der Waals surface area contributed by atoms with Gasteiger partial charge in [0.25, 0.3) is 5.91 Å². The summed E-state index contributed by atoms with van der Waals surface area (Å²) in [6, 6.07) is 5.87. The van der Waals surface area contributed by atoms with Crippen molar-refractivity contribution in [2.24, 2.45) is 0 Å². The first-order chi connectivity index (χ1) is 11.2. The molecular weight excluding hydrogens is 328 g/mol. The Morgan fingerprint density at radius 3 is 2.33 bits per heavy atom. The number of rotatable bonds is 5. The van der Waals surface area contributed by atoms with E-state index in [0.29, 0.717) is 37.8 Å². The van der Waals surface area contributed by atoms with E-state index < -0.39 is 10.0 Å². The van der Waals surface area contributed by atoms with Gasteiger partial charge in [-0.1, -0.05) is 19.9 Å². The highest BCUT2D eigenvalue weighted by atomic mass is 32.2. The molecule has 0 N–H and O–H groups in total. The fourth-order valence-corrected chi connectivity index (χ4v) is 3.72. The zero-order chi connectivity index (χ0) is 17.9. The minimum Gasteiger partial charge on any atom is -0.484 e. The van der Waals surface area contributed by atoms with Crippen LogP contribution in [0.3, 0.4) is 0 Å². The number of carbonyl (C=O) groups excluding carboxylic acids is 1. The monoisotopic (exact) mass is 354 g/mol. The summed E-state index contributed by atoms with van der Waals surface area (Å²) in [7, 11) is -3.18. The molecule has 6 nitrogen and oxygen atoms in total. The lowest BCUT2D eigenvalue weighted by molar-refractivity contribution is -0.134. The second-order valence-corrected chi connectivity index (χ2v) is 8.49. The molecule has 1 aliphatic heterocycles. The predicted molar refractivity (Wildman–Crippen MR) is 93.8 cm³/mol. The summed E-state index contributed by atoms with van der Waals surface area (Å²) in [5.74, 6) is 1.01. The second kappa shape index (κ2) is 7.53. The smallest absolute Gasteiger partial charge is 0.260 e. The van der Waals surface area contributed by atoms with Gasteiger partial charge >= 0.3 is 0 Å². The van der Waals surface area contributed by atoms with Crippen LogP contribution in [0.2, 0.25) is 0 Å². The van der Waals surface area contributed by atoms with Crippen molar-refractivity contribution in [2.75, 3.05) is 39.0 Å². The zero-order valence-corrected chi connectivity index (χ0v) is 15.6. The van der Waals surface area contributed by atoms with Gasteiger partial charge in [0.2, 0.25) is 10.0 Å². The van der Waals surface area contributed by atoms with Crippen molar-refractivity contribution < 1.29 is 17.9 Å². The van der Waals surface area contributed by atoms with E-state index in [9.17, 15) is 13.2 Å². The first-order valence-electron chi connectivity index (χ1n) is 8.14. The van der Waals surface area contributed by atoms with E-state index in [2.05, 4.69) is 13.8 Å². The number of nitrogens with zero attached hydrogens (tertiary/aromatic N) is 2. The van der Waals surface area contributed by atoms with Crippen molar-refractivity contribution in [3.05, 3.63) is 29.3 Å². The average molecular weight is 354 g/mol. The van der Waals surface area contributed by atoms with E-state index in [4.69, 9.17) is 4.74 Å². The van der Waals surface area contributed by atoms with Crippen LogP contribution in [0.1, 0.15) is 30.9 Å². The number of carbonyl (C=O) groups is 1. The maximum absolute atomic E-state index is 12.2. The standard InChI is InChI=1S/C17H26N2O4S/c1-13(2)16-6-5-15(11-14(16)3)23-12-17(20)18-7-9-19(10-8-18)24(4,21)22/h5-6,11,13H,7-10,12H2,1-4H3. The van der Waals surface area contributed by atoms with Gasteiger partial charge in [-0.2, -0.15) is 4.31 Å². The quantitative estimate of drug-likeness (QED) is 0.806. The molecule has 1 aromatic carbocycles. The van der Waals surface area contributed by atoms with E-state index in [1.54, 1.807) is 4.90 Å². The Bertz CT molecular complexity index is 693. The molecular formula is C17H26N2O4S. The van der Waals surface area contributed by atoms with Crippen molar-refractivity contribution in [3.8, 4) is 5.75 Å². The van der Waals surface area contributed by atoms with Crippen LogP contribution in [0.4, 0.5) is 0 Å². The third kappa shape index (κ3) is 4.70. The molecule has 7 heteroatoms. The van der Waals surface area contributed by atoms with Crippen molar-refractivity contribution in [3.63, 3.8) is 0 Å². The fourth-order valence-electron chi connectivity index (χ4n) is 2.89. The van der Waals surface area contributed by atoms with Gasteiger partial charge < -0.3 is 9.64 Å². The summed E-state index contributed by atoms with van der Waals surface area (Å²) in [5.41, 5.74) is 2.42. The zero-order valence-electron chi connectivity index (χ0n) is 14.8. The van der Waals surface area contributed by atoms with Crippen molar-refractivity contribution in [2.45, 2.75) is 26.7 Å². The Kier molecular flexibility index (Phi) is 5.87. The normalized spacial score (nSPS) is 16.5. The topological polar surface area (TPSA) is 66.9 Å². The molecule has 0 bridgehead atoms. The number of aryl methyl sites for hydroxylation is 1. The van der Waals surface area contributed by atoms with Crippen LogP contribution in [0.25, 0.3) is 0 Å². The van der Waals surface area contributed by atoms with Gasteiger partial charge in [0.05, 0.1) is 6.26 Å². The third-order valence-electron chi connectivity index (χ3n) is 4.29.